The summed E-state index contributed by atoms with van der Waals surface area (Å²) in [6, 6.07) is 18.3. The summed E-state index contributed by atoms with van der Waals surface area (Å²) in [5, 5.41) is 2.79. The van der Waals surface area contributed by atoms with Gasteiger partial charge in [0.1, 0.15) is 0 Å². The van der Waals surface area contributed by atoms with Gasteiger partial charge in [0.15, 0.2) is 0 Å². The molecule has 3 rings (SSSR count). The molecule has 0 atom stereocenters. The molecule has 0 aliphatic heterocycles. The number of carbonyl (C=O) groups excluding carboxylic acids is 2. The van der Waals surface area contributed by atoms with Crippen LogP contribution < -0.4 is 5.32 Å². The Labute approximate surface area is 181 Å². The van der Waals surface area contributed by atoms with Gasteiger partial charge >= 0.3 is 12.1 Å². The fourth-order valence-corrected chi connectivity index (χ4v) is 3.54. The molecule has 3 aromatic carbocycles. The largest absolute Gasteiger partial charge is 0.468 e. The minimum atomic E-state index is -4.42. The monoisotopic (exact) mass is 445 g/mol. The second kappa shape index (κ2) is 9.70. The number of nitrogens with one attached hydrogen (secondary N) is 1. The molecule has 8 heteroatoms. The lowest BCUT2D eigenvalue weighted by Gasteiger charge is -2.12. The number of rotatable bonds is 6. The van der Waals surface area contributed by atoms with E-state index in [-0.39, 0.29) is 17.6 Å². The molecule has 4 nitrogen and oxygen atoms in total. The molecule has 0 fully saturated rings. The number of hydrogen-bond acceptors (Lipinski definition) is 4. The molecule has 0 aromatic heterocycles. The summed E-state index contributed by atoms with van der Waals surface area (Å²) in [7, 11) is 1.32. The van der Waals surface area contributed by atoms with Crippen molar-refractivity contribution in [3.05, 3.63) is 83.9 Å². The van der Waals surface area contributed by atoms with Crippen LogP contribution in [0.5, 0.6) is 0 Å². The number of amides is 1. The Morgan fingerprint density at radius 2 is 1.58 bits per heavy atom. The van der Waals surface area contributed by atoms with Gasteiger partial charge in [0.25, 0.3) is 5.91 Å². The molecule has 3 aromatic rings. The highest BCUT2D eigenvalue weighted by Crippen LogP contribution is 2.32. The van der Waals surface area contributed by atoms with Crippen LogP contribution in [0.1, 0.15) is 15.9 Å². The number of thioether (sulfide) groups is 1. The summed E-state index contributed by atoms with van der Waals surface area (Å²) in [6.07, 6.45) is -4.42. The number of carbonyl (C=O) groups is 2. The molecule has 31 heavy (non-hydrogen) atoms. The Morgan fingerprint density at radius 3 is 2.19 bits per heavy atom. The topological polar surface area (TPSA) is 55.4 Å². The molecule has 0 aliphatic rings. The summed E-state index contributed by atoms with van der Waals surface area (Å²) < 4.78 is 43.0. The zero-order chi connectivity index (χ0) is 22.4. The van der Waals surface area contributed by atoms with Crippen molar-refractivity contribution < 1.29 is 27.5 Å². The lowest BCUT2D eigenvalue weighted by atomic mass is 9.98. The number of esters is 1. The van der Waals surface area contributed by atoms with Gasteiger partial charge in [0.2, 0.25) is 0 Å². The lowest BCUT2D eigenvalue weighted by Crippen LogP contribution is -2.13. The van der Waals surface area contributed by atoms with E-state index in [1.165, 1.54) is 31.0 Å². The Bertz CT molecular complexity index is 1060. The first kappa shape index (κ1) is 22.4. The Kier molecular flexibility index (Phi) is 7.02. The number of hydrogen-bond donors (Lipinski definition) is 1. The van der Waals surface area contributed by atoms with Crippen LogP contribution in [0, 0.1) is 0 Å². The minimum Gasteiger partial charge on any atom is -0.468 e. The highest BCUT2D eigenvalue weighted by atomic mass is 32.2. The van der Waals surface area contributed by atoms with E-state index in [0.717, 1.165) is 17.0 Å². The molecular formula is C23H18F3NO3S. The average molecular weight is 445 g/mol. The first-order valence-corrected chi connectivity index (χ1v) is 10.1. The van der Waals surface area contributed by atoms with Crippen molar-refractivity contribution in [3.63, 3.8) is 0 Å². The van der Waals surface area contributed by atoms with Gasteiger partial charge in [-0.1, -0.05) is 30.3 Å². The third-order valence-electron chi connectivity index (χ3n) is 4.39. The normalized spacial score (nSPS) is 11.1. The second-order valence-corrected chi connectivity index (χ2v) is 7.51. The molecule has 0 unspecified atom stereocenters. The van der Waals surface area contributed by atoms with Crippen molar-refractivity contribution in [2.75, 3.05) is 18.2 Å². The minimum absolute atomic E-state index is 0.183. The maximum Gasteiger partial charge on any atom is 0.416 e. The molecule has 160 valence electrons. The van der Waals surface area contributed by atoms with Crippen LogP contribution >= 0.6 is 11.8 Å². The Morgan fingerprint density at radius 1 is 0.935 bits per heavy atom. The van der Waals surface area contributed by atoms with E-state index in [4.69, 9.17) is 0 Å². The molecule has 0 bridgehead atoms. The number of anilines is 1. The molecule has 0 heterocycles. The predicted octanol–water partition coefficient (Wildman–Crippen LogP) is 5.89. The van der Waals surface area contributed by atoms with E-state index in [0.29, 0.717) is 22.4 Å². The van der Waals surface area contributed by atoms with Gasteiger partial charge in [-0.15, -0.1) is 11.8 Å². The Hall–Kier alpha value is -3.26. The molecule has 0 spiro atoms. The number of benzene rings is 3. The van der Waals surface area contributed by atoms with E-state index in [1.807, 2.05) is 0 Å². The van der Waals surface area contributed by atoms with Crippen LogP contribution in [0.3, 0.4) is 0 Å². The standard InChI is InChI=1S/C23H18F3NO3S/c1-30-21(28)14-31-18-12-10-17(11-13-18)27-22(29)20-5-3-2-4-19(20)15-6-8-16(9-7-15)23(24,25)26/h2-13H,14H2,1H3,(H,27,29). The second-order valence-electron chi connectivity index (χ2n) is 6.46. The van der Waals surface area contributed by atoms with Crippen molar-refractivity contribution >= 4 is 29.3 Å². The van der Waals surface area contributed by atoms with Gasteiger partial charge in [-0.3, -0.25) is 9.59 Å². The summed E-state index contributed by atoms with van der Waals surface area (Å²) in [5.41, 5.74) is 1.18. The van der Waals surface area contributed by atoms with Crippen LogP contribution in [0.4, 0.5) is 18.9 Å². The zero-order valence-electron chi connectivity index (χ0n) is 16.4. The predicted molar refractivity (Wildman–Crippen MR) is 114 cm³/mol. The van der Waals surface area contributed by atoms with Crippen molar-refractivity contribution in [1.29, 1.82) is 0 Å². The number of ether oxygens (including phenoxy) is 1. The van der Waals surface area contributed by atoms with Gasteiger partial charge in [-0.25, -0.2) is 0 Å². The summed E-state index contributed by atoms with van der Waals surface area (Å²) in [6.45, 7) is 0. The fraction of sp³-hybridized carbons (Fsp3) is 0.130. The van der Waals surface area contributed by atoms with Gasteiger partial charge in [0, 0.05) is 16.1 Å². The summed E-state index contributed by atoms with van der Waals surface area (Å²) in [4.78, 5) is 24.9. The molecular weight excluding hydrogens is 427 g/mol. The zero-order valence-corrected chi connectivity index (χ0v) is 17.2. The molecule has 0 saturated heterocycles. The van der Waals surface area contributed by atoms with E-state index in [1.54, 1.807) is 48.5 Å². The van der Waals surface area contributed by atoms with Gasteiger partial charge in [0.05, 0.1) is 18.4 Å². The van der Waals surface area contributed by atoms with Crippen LogP contribution in [0.15, 0.2) is 77.7 Å². The fourth-order valence-electron chi connectivity index (χ4n) is 2.81. The smallest absolute Gasteiger partial charge is 0.416 e. The number of alkyl halides is 3. The SMILES string of the molecule is COC(=O)CSc1ccc(NC(=O)c2ccccc2-c2ccc(C(F)(F)F)cc2)cc1. The highest BCUT2D eigenvalue weighted by molar-refractivity contribution is 8.00. The summed E-state index contributed by atoms with van der Waals surface area (Å²) in [5.74, 6) is -0.532. The first-order valence-electron chi connectivity index (χ1n) is 9.15. The van der Waals surface area contributed by atoms with E-state index < -0.39 is 11.7 Å². The third kappa shape index (κ3) is 5.88. The maximum atomic E-state index is 12.8. The molecule has 0 radical (unpaired) electrons. The van der Waals surface area contributed by atoms with Gasteiger partial charge in [-0.2, -0.15) is 13.2 Å². The van der Waals surface area contributed by atoms with E-state index in [9.17, 15) is 22.8 Å². The molecule has 0 saturated carbocycles. The van der Waals surface area contributed by atoms with E-state index in [2.05, 4.69) is 10.1 Å². The van der Waals surface area contributed by atoms with Gasteiger partial charge in [-0.05, 0) is 53.6 Å². The number of halogens is 3. The van der Waals surface area contributed by atoms with Crippen molar-refractivity contribution in [2.24, 2.45) is 0 Å². The van der Waals surface area contributed by atoms with Crippen molar-refractivity contribution in [3.8, 4) is 11.1 Å². The molecule has 0 aliphatic carbocycles. The van der Waals surface area contributed by atoms with Crippen molar-refractivity contribution in [2.45, 2.75) is 11.1 Å². The third-order valence-corrected chi connectivity index (χ3v) is 5.38. The summed E-state index contributed by atoms with van der Waals surface area (Å²) >= 11 is 1.31. The molecule has 1 amide bonds. The number of methoxy groups -OCH3 is 1. The van der Waals surface area contributed by atoms with Crippen LogP contribution in [0.2, 0.25) is 0 Å². The van der Waals surface area contributed by atoms with Crippen molar-refractivity contribution in [1.82, 2.24) is 0 Å². The average Bonchev–Trinajstić information content (AvgIpc) is 2.78. The lowest BCUT2D eigenvalue weighted by molar-refractivity contribution is -0.138. The highest BCUT2D eigenvalue weighted by Gasteiger charge is 2.30. The van der Waals surface area contributed by atoms with Crippen LogP contribution in [-0.4, -0.2) is 24.7 Å². The van der Waals surface area contributed by atoms with Crippen LogP contribution in [-0.2, 0) is 15.7 Å². The van der Waals surface area contributed by atoms with Crippen LogP contribution in [0.25, 0.3) is 11.1 Å². The molecule has 1 N–H and O–H groups in total. The van der Waals surface area contributed by atoms with Gasteiger partial charge < -0.3 is 10.1 Å². The maximum absolute atomic E-state index is 12.8. The quantitative estimate of drug-likeness (QED) is 0.380. The Balaban J connectivity index is 1.75. The first-order chi connectivity index (χ1) is 14.8. The van der Waals surface area contributed by atoms with E-state index >= 15 is 0 Å².